The maximum absolute atomic E-state index is 4.59. The molecule has 0 saturated heterocycles. The molecule has 104 valence electrons. The Balaban J connectivity index is 2.05. The molecule has 0 spiro atoms. The average Bonchev–Trinajstić information content (AvgIpc) is 2.99. The second kappa shape index (κ2) is 6.75. The van der Waals surface area contributed by atoms with Gasteiger partial charge in [0.25, 0.3) is 0 Å². The lowest BCUT2D eigenvalue weighted by molar-refractivity contribution is 0.552. The fourth-order valence-electron chi connectivity index (χ4n) is 2.18. The molecule has 0 aromatic carbocycles. The Labute approximate surface area is 119 Å². The van der Waals surface area contributed by atoms with Gasteiger partial charge in [0, 0.05) is 30.1 Å². The zero-order valence-corrected chi connectivity index (χ0v) is 12.8. The highest BCUT2D eigenvalue weighted by Crippen LogP contribution is 2.22. The first kappa shape index (κ1) is 14.1. The van der Waals surface area contributed by atoms with E-state index < -0.39 is 0 Å². The number of rotatable bonds is 7. The molecule has 0 saturated carbocycles. The van der Waals surface area contributed by atoms with Crippen molar-refractivity contribution in [3.63, 3.8) is 0 Å². The van der Waals surface area contributed by atoms with Crippen LogP contribution in [-0.4, -0.2) is 16.1 Å². The lowest BCUT2D eigenvalue weighted by Crippen LogP contribution is -2.13. The molecule has 0 bridgehead atoms. The van der Waals surface area contributed by atoms with E-state index >= 15 is 0 Å². The molecule has 2 aromatic heterocycles. The van der Waals surface area contributed by atoms with Gasteiger partial charge < -0.3 is 9.88 Å². The van der Waals surface area contributed by atoms with Crippen LogP contribution in [0.2, 0.25) is 0 Å². The van der Waals surface area contributed by atoms with Crippen LogP contribution in [0.15, 0.2) is 23.7 Å². The molecule has 4 heteroatoms. The van der Waals surface area contributed by atoms with Gasteiger partial charge in [0.05, 0.1) is 5.69 Å². The number of aromatic nitrogens is 2. The molecule has 0 radical (unpaired) electrons. The van der Waals surface area contributed by atoms with Crippen molar-refractivity contribution in [2.24, 2.45) is 0 Å². The van der Waals surface area contributed by atoms with Gasteiger partial charge in [0.1, 0.15) is 0 Å². The van der Waals surface area contributed by atoms with E-state index in [4.69, 9.17) is 0 Å². The Morgan fingerprint density at radius 3 is 3.00 bits per heavy atom. The van der Waals surface area contributed by atoms with Crippen molar-refractivity contribution in [3.8, 4) is 0 Å². The van der Waals surface area contributed by atoms with Crippen molar-refractivity contribution >= 4 is 17.3 Å². The third-order valence-corrected chi connectivity index (χ3v) is 4.12. The summed E-state index contributed by atoms with van der Waals surface area (Å²) in [5.41, 5.74) is 1.08. The lowest BCUT2D eigenvalue weighted by Gasteiger charge is -2.16. The van der Waals surface area contributed by atoms with E-state index in [2.05, 4.69) is 59.3 Å². The number of aryl methyl sites for hydroxylation is 1. The van der Waals surface area contributed by atoms with Crippen molar-refractivity contribution in [3.05, 3.63) is 34.3 Å². The third kappa shape index (κ3) is 3.83. The summed E-state index contributed by atoms with van der Waals surface area (Å²) in [7, 11) is 0. The van der Waals surface area contributed by atoms with E-state index in [0.29, 0.717) is 6.04 Å². The van der Waals surface area contributed by atoms with Gasteiger partial charge in [-0.2, -0.15) is 0 Å². The second-order valence-electron chi connectivity index (χ2n) is 5.03. The Hall–Kier alpha value is -1.29. The van der Waals surface area contributed by atoms with E-state index in [1.807, 2.05) is 11.3 Å². The molecule has 2 rings (SSSR count). The van der Waals surface area contributed by atoms with Gasteiger partial charge in [-0.25, -0.2) is 4.98 Å². The first-order chi connectivity index (χ1) is 9.20. The molecule has 3 nitrogen and oxygen atoms in total. The molecule has 2 heterocycles. The minimum absolute atomic E-state index is 0.434. The highest BCUT2D eigenvalue weighted by molar-refractivity contribution is 7.09. The fourth-order valence-corrected chi connectivity index (χ4v) is 3.00. The van der Waals surface area contributed by atoms with Crippen LogP contribution in [0.25, 0.3) is 0 Å². The van der Waals surface area contributed by atoms with Crippen molar-refractivity contribution in [2.75, 3.05) is 11.9 Å². The minimum atomic E-state index is 0.434. The average molecular weight is 277 g/mol. The second-order valence-corrected chi connectivity index (χ2v) is 6.06. The monoisotopic (exact) mass is 277 g/mol. The quantitative estimate of drug-likeness (QED) is 0.766. The van der Waals surface area contributed by atoms with E-state index in [9.17, 15) is 0 Å². The van der Waals surface area contributed by atoms with Gasteiger partial charge in [-0.15, -0.1) is 11.3 Å². The maximum Gasteiger partial charge on any atom is 0.203 e. The number of nitrogens with zero attached hydrogens (tertiary/aromatic N) is 2. The number of imidazole rings is 1. The Kier molecular flexibility index (Phi) is 5.02. The zero-order valence-electron chi connectivity index (χ0n) is 12.0. The molecule has 0 aliphatic rings. The number of nitrogens with one attached hydrogen (secondary N) is 1. The third-order valence-electron chi connectivity index (χ3n) is 3.22. The molecule has 1 unspecified atom stereocenters. The molecule has 0 aliphatic heterocycles. The van der Waals surface area contributed by atoms with E-state index in [1.165, 1.54) is 17.7 Å². The van der Waals surface area contributed by atoms with Crippen LogP contribution >= 0.6 is 11.3 Å². The van der Waals surface area contributed by atoms with Gasteiger partial charge in [0.2, 0.25) is 5.95 Å². The molecule has 0 aliphatic carbocycles. The molecule has 0 fully saturated rings. The van der Waals surface area contributed by atoms with Gasteiger partial charge in [-0.1, -0.05) is 19.4 Å². The van der Waals surface area contributed by atoms with Gasteiger partial charge in [0.15, 0.2) is 0 Å². The predicted molar refractivity (Wildman–Crippen MR) is 83.1 cm³/mol. The van der Waals surface area contributed by atoms with E-state index in [0.717, 1.165) is 24.6 Å². The topological polar surface area (TPSA) is 29.9 Å². The Bertz CT molecular complexity index is 487. The SMILES string of the molecule is CCCCNc1nc(C)cn1C(C)Cc1cccs1. The summed E-state index contributed by atoms with van der Waals surface area (Å²) in [6.45, 7) is 7.52. The molecular formula is C15H23N3S. The van der Waals surface area contributed by atoms with Gasteiger partial charge in [-0.3, -0.25) is 0 Å². The number of thiophene rings is 1. The smallest absolute Gasteiger partial charge is 0.203 e. The fraction of sp³-hybridized carbons (Fsp3) is 0.533. The summed E-state index contributed by atoms with van der Waals surface area (Å²) in [4.78, 5) is 6.02. The van der Waals surface area contributed by atoms with Gasteiger partial charge >= 0.3 is 0 Å². The largest absolute Gasteiger partial charge is 0.356 e. The van der Waals surface area contributed by atoms with Crippen LogP contribution in [0.4, 0.5) is 5.95 Å². The first-order valence-corrected chi connectivity index (χ1v) is 7.90. The summed E-state index contributed by atoms with van der Waals surface area (Å²) in [5.74, 6) is 1.01. The van der Waals surface area contributed by atoms with Crippen molar-refractivity contribution in [1.82, 2.24) is 9.55 Å². The number of hydrogen-bond acceptors (Lipinski definition) is 3. The summed E-state index contributed by atoms with van der Waals surface area (Å²) in [6, 6.07) is 4.76. The summed E-state index contributed by atoms with van der Waals surface area (Å²) < 4.78 is 2.27. The molecular weight excluding hydrogens is 254 g/mol. The summed E-state index contributed by atoms with van der Waals surface area (Å²) in [6.07, 6.45) is 5.60. The van der Waals surface area contributed by atoms with E-state index in [1.54, 1.807) is 0 Å². The highest BCUT2D eigenvalue weighted by Gasteiger charge is 2.12. The van der Waals surface area contributed by atoms with Gasteiger partial charge in [-0.05, 0) is 31.7 Å². The number of anilines is 1. The number of unbranched alkanes of at least 4 members (excludes halogenated alkanes) is 1. The number of hydrogen-bond donors (Lipinski definition) is 1. The van der Waals surface area contributed by atoms with E-state index in [-0.39, 0.29) is 0 Å². The van der Waals surface area contributed by atoms with Crippen LogP contribution in [0, 0.1) is 6.92 Å². The van der Waals surface area contributed by atoms with Crippen LogP contribution in [0.5, 0.6) is 0 Å². The van der Waals surface area contributed by atoms with Crippen molar-refractivity contribution < 1.29 is 0 Å². The zero-order chi connectivity index (χ0) is 13.7. The molecule has 1 N–H and O–H groups in total. The Morgan fingerprint density at radius 1 is 1.47 bits per heavy atom. The van der Waals surface area contributed by atoms with Crippen molar-refractivity contribution in [1.29, 1.82) is 0 Å². The van der Waals surface area contributed by atoms with Crippen LogP contribution in [0.1, 0.15) is 43.3 Å². The summed E-state index contributed by atoms with van der Waals surface area (Å²) in [5, 5.41) is 5.59. The van der Waals surface area contributed by atoms with Crippen molar-refractivity contribution in [2.45, 2.75) is 46.1 Å². The summed E-state index contributed by atoms with van der Waals surface area (Å²) >= 11 is 1.83. The predicted octanol–water partition coefficient (Wildman–Crippen LogP) is 4.27. The first-order valence-electron chi connectivity index (χ1n) is 7.02. The van der Waals surface area contributed by atoms with Crippen LogP contribution < -0.4 is 5.32 Å². The Morgan fingerprint density at radius 2 is 2.32 bits per heavy atom. The lowest BCUT2D eigenvalue weighted by atomic mass is 10.2. The molecule has 1 atom stereocenters. The highest BCUT2D eigenvalue weighted by atomic mass is 32.1. The maximum atomic E-state index is 4.59. The van der Waals surface area contributed by atoms with Crippen LogP contribution in [-0.2, 0) is 6.42 Å². The minimum Gasteiger partial charge on any atom is -0.356 e. The standard InChI is InChI=1S/C15H23N3S/c1-4-5-8-16-15-17-12(2)11-18(15)13(3)10-14-7-6-9-19-14/h6-7,9,11,13H,4-5,8,10H2,1-3H3,(H,16,17). The van der Waals surface area contributed by atoms with Crippen LogP contribution in [0.3, 0.4) is 0 Å². The molecule has 0 amide bonds. The molecule has 19 heavy (non-hydrogen) atoms. The molecule has 2 aromatic rings. The normalized spacial score (nSPS) is 12.6.